The third-order valence-electron chi connectivity index (χ3n) is 5.59. The number of hydrogen-bond donors (Lipinski definition) is 2. The average molecular weight is 412 g/mol. The number of benzene rings is 2. The molecule has 5 heteroatoms. The Morgan fingerprint density at radius 3 is 2.24 bits per heavy atom. The van der Waals surface area contributed by atoms with E-state index in [1.54, 1.807) is 11.9 Å². The summed E-state index contributed by atoms with van der Waals surface area (Å²) in [6.07, 6.45) is 6.50. The second-order valence-corrected chi connectivity index (χ2v) is 8.62. The minimum atomic E-state index is -0.296. The number of carbonyl (C=O) groups excluding carboxylic acids is 1. The normalized spacial score (nSPS) is 18.3. The molecular formula is C24H33N3OS. The molecule has 156 valence electrons. The van der Waals surface area contributed by atoms with Crippen molar-refractivity contribution in [3.05, 3.63) is 66.2 Å². The zero-order valence-corrected chi connectivity index (χ0v) is 18.4. The fourth-order valence-corrected chi connectivity index (χ4v) is 4.28. The van der Waals surface area contributed by atoms with Crippen LogP contribution in [0, 0.1) is 0 Å². The van der Waals surface area contributed by atoms with Crippen molar-refractivity contribution in [1.29, 1.82) is 0 Å². The number of likely N-dealkylation sites (tertiary alicyclic amines) is 1. The third kappa shape index (κ3) is 6.25. The summed E-state index contributed by atoms with van der Waals surface area (Å²) in [5.41, 5.74) is 1.91. The molecule has 2 aromatic carbocycles. The van der Waals surface area contributed by atoms with E-state index in [2.05, 4.69) is 34.0 Å². The molecule has 1 atom stereocenters. The Morgan fingerprint density at radius 2 is 1.69 bits per heavy atom. The summed E-state index contributed by atoms with van der Waals surface area (Å²) >= 11 is 1.58. The highest BCUT2D eigenvalue weighted by Gasteiger charge is 2.51. The SMILES string of the molecule is CSNc1cccc(C2(C(=O)NC(C)CN3CCCC3)CC2)c1.c1ccccc1. The molecule has 2 aliphatic rings. The number of rotatable bonds is 7. The van der Waals surface area contributed by atoms with Crippen LogP contribution >= 0.6 is 11.9 Å². The first-order valence-corrected chi connectivity index (χ1v) is 11.8. The summed E-state index contributed by atoms with van der Waals surface area (Å²) in [4.78, 5) is 15.3. The van der Waals surface area contributed by atoms with E-state index in [4.69, 9.17) is 0 Å². The highest BCUT2D eigenvalue weighted by atomic mass is 32.2. The van der Waals surface area contributed by atoms with Gasteiger partial charge < -0.3 is 14.9 Å². The molecule has 0 spiro atoms. The second-order valence-electron chi connectivity index (χ2n) is 8.01. The van der Waals surface area contributed by atoms with E-state index < -0.39 is 0 Å². The summed E-state index contributed by atoms with van der Waals surface area (Å²) in [6, 6.07) is 20.5. The molecule has 1 heterocycles. The minimum absolute atomic E-state index is 0.200. The maximum absolute atomic E-state index is 12.8. The topological polar surface area (TPSA) is 44.4 Å². The molecule has 1 aliphatic carbocycles. The maximum Gasteiger partial charge on any atom is 0.230 e. The van der Waals surface area contributed by atoms with Crippen LogP contribution in [0.25, 0.3) is 0 Å². The van der Waals surface area contributed by atoms with Gasteiger partial charge in [0.25, 0.3) is 0 Å². The predicted molar refractivity (Wildman–Crippen MR) is 124 cm³/mol. The van der Waals surface area contributed by atoms with Gasteiger partial charge in [0.1, 0.15) is 0 Å². The van der Waals surface area contributed by atoms with E-state index in [1.807, 2.05) is 54.8 Å². The third-order valence-corrected chi connectivity index (χ3v) is 6.03. The van der Waals surface area contributed by atoms with Crippen LogP contribution in [0.5, 0.6) is 0 Å². The lowest BCUT2D eigenvalue weighted by molar-refractivity contribution is -0.124. The molecule has 1 amide bonds. The van der Waals surface area contributed by atoms with Crippen LogP contribution in [0.2, 0.25) is 0 Å². The Bertz CT molecular complexity index is 731. The molecular weight excluding hydrogens is 378 g/mol. The first-order valence-electron chi connectivity index (χ1n) is 10.6. The van der Waals surface area contributed by atoms with Crippen molar-refractivity contribution in [2.75, 3.05) is 30.6 Å². The lowest BCUT2D eigenvalue weighted by Gasteiger charge is -2.24. The summed E-state index contributed by atoms with van der Waals surface area (Å²) in [5, 5.41) is 3.25. The molecule has 4 nitrogen and oxygen atoms in total. The van der Waals surface area contributed by atoms with Crippen LogP contribution in [0.15, 0.2) is 60.7 Å². The average Bonchev–Trinajstić information content (AvgIpc) is 3.41. The monoisotopic (exact) mass is 411 g/mol. The van der Waals surface area contributed by atoms with E-state index in [9.17, 15) is 4.79 Å². The number of nitrogens with one attached hydrogen (secondary N) is 2. The van der Waals surface area contributed by atoms with Gasteiger partial charge in [0.05, 0.1) is 5.41 Å². The number of nitrogens with zero attached hydrogens (tertiary/aromatic N) is 1. The van der Waals surface area contributed by atoms with Crippen LogP contribution in [0.4, 0.5) is 5.69 Å². The standard InChI is InChI=1S/C18H27N3OS.C6H6/c1-14(13-21-10-3-4-11-21)19-17(22)18(8-9-18)15-6-5-7-16(12-15)20-23-2;1-2-4-6-5-3-1/h5-7,12,14,20H,3-4,8-11,13H2,1-2H3,(H,19,22);1-6H. The van der Waals surface area contributed by atoms with Gasteiger partial charge in [-0.05, 0) is 63.4 Å². The van der Waals surface area contributed by atoms with E-state index in [0.29, 0.717) is 0 Å². The van der Waals surface area contributed by atoms with E-state index in [1.165, 1.54) is 25.9 Å². The summed E-state index contributed by atoms with van der Waals surface area (Å²) in [6.45, 7) is 5.44. The van der Waals surface area contributed by atoms with Gasteiger partial charge >= 0.3 is 0 Å². The summed E-state index contributed by atoms with van der Waals surface area (Å²) < 4.78 is 3.25. The van der Waals surface area contributed by atoms with Gasteiger partial charge in [-0.3, -0.25) is 4.79 Å². The molecule has 4 rings (SSSR count). The molecule has 1 aliphatic heterocycles. The minimum Gasteiger partial charge on any atom is -0.352 e. The molecule has 1 saturated heterocycles. The van der Waals surface area contributed by atoms with Gasteiger partial charge in [-0.1, -0.05) is 60.5 Å². The first kappa shape index (κ1) is 21.7. The molecule has 29 heavy (non-hydrogen) atoms. The Kier molecular flexibility index (Phi) is 8.01. The van der Waals surface area contributed by atoms with E-state index in [0.717, 1.165) is 30.6 Å². The van der Waals surface area contributed by atoms with Crippen molar-refractivity contribution in [2.24, 2.45) is 0 Å². The van der Waals surface area contributed by atoms with Crippen LogP contribution in [-0.4, -0.2) is 42.7 Å². The summed E-state index contributed by atoms with van der Waals surface area (Å²) in [5.74, 6) is 0.200. The van der Waals surface area contributed by atoms with Gasteiger partial charge in [-0.25, -0.2) is 0 Å². The molecule has 1 saturated carbocycles. The Hall–Kier alpha value is -1.98. The molecule has 0 bridgehead atoms. The summed E-state index contributed by atoms with van der Waals surface area (Å²) in [7, 11) is 0. The van der Waals surface area contributed by atoms with Crippen molar-refractivity contribution in [3.8, 4) is 0 Å². The highest BCUT2D eigenvalue weighted by molar-refractivity contribution is 7.99. The quantitative estimate of drug-likeness (QED) is 0.649. The zero-order valence-electron chi connectivity index (χ0n) is 17.6. The van der Waals surface area contributed by atoms with Gasteiger partial charge in [-0.2, -0.15) is 0 Å². The van der Waals surface area contributed by atoms with Crippen molar-refractivity contribution in [3.63, 3.8) is 0 Å². The fourth-order valence-electron chi connectivity index (χ4n) is 3.92. The fraction of sp³-hybridized carbons (Fsp3) is 0.458. The molecule has 2 aromatic rings. The predicted octanol–water partition coefficient (Wildman–Crippen LogP) is 4.70. The number of amides is 1. The van der Waals surface area contributed by atoms with Crippen LogP contribution in [0.1, 0.15) is 38.2 Å². The van der Waals surface area contributed by atoms with Gasteiger partial charge in [0.15, 0.2) is 0 Å². The van der Waals surface area contributed by atoms with Crippen LogP contribution < -0.4 is 10.0 Å². The number of hydrogen-bond acceptors (Lipinski definition) is 4. The first-order chi connectivity index (χ1) is 14.1. The zero-order chi connectivity index (χ0) is 20.5. The maximum atomic E-state index is 12.8. The molecule has 0 aromatic heterocycles. The lowest BCUT2D eigenvalue weighted by atomic mass is 9.94. The van der Waals surface area contributed by atoms with E-state index in [-0.39, 0.29) is 17.4 Å². The van der Waals surface area contributed by atoms with Crippen molar-refractivity contribution in [1.82, 2.24) is 10.2 Å². The number of carbonyl (C=O) groups is 1. The lowest BCUT2D eigenvalue weighted by Crippen LogP contribution is -2.45. The highest BCUT2D eigenvalue weighted by Crippen LogP contribution is 2.49. The smallest absolute Gasteiger partial charge is 0.230 e. The Morgan fingerprint density at radius 1 is 1.07 bits per heavy atom. The largest absolute Gasteiger partial charge is 0.352 e. The van der Waals surface area contributed by atoms with E-state index >= 15 is 0 Å². The van der Waals surface area contributed by atoms with Crippen molar-refractivity contribution < 1.29 is 4.79 Å². The van der Waals surface area contributed by atoms with Crippen molar-refractivity contribution >= 4 is 23.5 Å². The second kappa shape index (κ2) is 10.7. The van der Waals surface area contributed by atoms with Gasteiger partial charge in [0.2, 0.25) is 5.91 Å². The Labute approximate surface area is 179 Å². The van der Waals surface area contributed by atoms with Crippen LogP contribution in [0.3, 0.4) is 0 Å². The van der Waals surface area contributed by atoms with Gasteiger partial charge in [-0.15, -0.1) is 0 Å². The van der Waals surface area contributed by atoms with Gasteiger partial charge in [0, 0.05) is 24.5 Å². The van der Waals surface area contributed by atoms with Crippen LogP contribution in [-0.2, 0) is 10.2 Å². The Balaban J connectivity index is 0.000000343. The molecule has 2 N–H and O–H groups in total. The molecule has 1 unspecified atom stereocenters. The van der Waals surface area contributed by atoms with Crippen molar-refractivity contribution in [2.45, 2.75) is 44.1 Å². The number of anilines is 1. The molecule has 0 radical (unpaired) electrons. The molecule has 2 fully saturated rings.